The summed E-state index contributed by atoms with van der Waals surface area (Å²) in [5, 5.41) is 3.69. The monoisotopic (exact) mass is 239 g/mol. The van der Waals surface area contributed by atoms with Gasteiger partial charge in [0, 0.05) is 18.3 Å². The summed E-state index contributed by atoms with van der Waals surface area (Å²) in [6, 6.07) is 1.93. The van der Waals surface area contributed by atoms with Crippen LogP contribution in [0.1, 0.15) is 38.3 Å². The van der Waals surface area contributed by atoms with Crippen molar-refractivity contribution < 1.29 is 0 Å². The van der Waals surface area contributed by atoms with Crippen molar-refractivity contribution >= 4 is 17.4 Å². The zero-order chi connectivity index (χ0) is 11.6. The summed E-state index contributed by atoms with van der Waals surface area (Å²) in [7, 11) is 0. The van der Waals surface area contributed by atoms with Crippen LogP contribution < -0.4 is 5.32 Å². The van der Waals surface area contributed by atoms with Crippen molar-refractivity contribution in [2.24, 2.45) is 5.41 Å². The second-order valence-electron chi connectivity index (χ2n) is 5.03. The first-order valence-corrected chi connectivity index (χ1v) is 6.20. The van der Waals surface area contributed by atoms with Gasteiger partial charge in [-0.15, -0.1) is 0 Å². The highest BCUT2D eigenvalue weighted by Crippen LogP contribution is 2.37. The first-order valence-electron chi connectivity index (χ1n) is 5.82. The molecule has 4 heteroatoms. The molecule has 1 aliphatic rings. The number of aryl methyl sites for hydroxylation is 1. The topological polar surface area (TPSA) is 37.8 Å². The molecule has 0 radical (unpaired) electrons. The molecule has 88 valence electrons. The van der Waals surface area contributed by atoms with Crippen LogP contribution in [-0.2, 0) is 0 Å². The van der Waals surface area contributed by atoms with E-state index < -0.39 is 0 Å². The average Bonchev–Trinajstić information content (AvgIpc) is 2.62. The Kier molecular flexibility index (Phi) is 3.33. The normalized spacial score (nSPS) is 18.7. The smallest absolute Gasteiger partial charge is 0.224 e. The number of aromatic nitrogens is 2. The summed E-state index contributed by atoms with van der Waals surface area (Å²) in [5.74, 6) is 0.839. The molecule has 0 unspecified atom stereocenters. The number of halogens is 1. The van der Waals surface area contributed by atoms with Crippen molar-refractivity contribution in [3.05, 3.63) is 17.0 Å². The molecule has 0 spiro atoms. The van der Waals surface area contributed by atoms with Crippen molar-refractivity contribution in [3.63, 3.8) is 0 Å². The average molecular weight is 240 g/mol. The Morgan fingerprint density at radius 3 is 2.69 bits per heavy atom. The largest absolute Gasteiger partial charge is 0.369 e. The van der Waals surface area contributed by atoms with Gasteiger partial charge in [0.25, 0.3) is 0 Å². The molecule has 1 aliphatic carbocycles. The Hall–Kier alpha value is -0.830. The lowest BCUT2D eigenvalue weighted by Gasteiger charge is -2.24. The fourth-order valence-electron chi connectivity index (χ4n) is 2.33. The van der Waals surface area contributed by atoms with E-state index in [2.05, 4.69) is 22.2 Å². The molecule has 1 saturated carbocycles. The number of nitrogens with one attached hydrogen (secondary N) is 1. The molecule has 1 heterocycles. The summed E-state index contributed by atoms with van der Waals surface area (Å²) in [6.45, 7) is 5.23. The molecule has 0 aromatic carbocycles. The lowest BCUT2D eigenvalue weighted by molar-refractivity contribution is 0.361. The molecule has 0 saturated heterocycles. The first kappa shape index (κ1) is 11.6. The van der Waals surface area contributed by atoms with E-state index in [4.69, 9.17) is 11.6 Å². The predicted molar refractivity (Wildman–Crippen MR) is 66.8 cm³/mol. The van der Waals surface area contributed by atoms with Gasteiger partial charge in [-0.1, -0.05) is 19.8 Å². The Morgan fingerprint density at radius 1 is 1.38 bits per heavy atom. The maximum atomic E-state index is 5.82. The second-order valence-corrected chi connectivity index (χ2v) is 5.37. The van der Waals surface area contributed by atoms with Crippen molar-refractivity contribution in [3.8, 4) is 0 Å². The number of anilines is 1. The minimum absolute atomic E-state index is 0.319. The number of hydrogen-bond acceptors (Lipinski definition) is 3. The Morgan fingerprint density at radius 2 is 2.06 bits per heavy atom. The summed E-state index contributed by atoms with van der Waals surface area (Å²) >= 11 is 5.82. The van der Waals surface area contributed by atoms with Crippen molar-refractivity contribution in [1.82, 2.24) is 9.97 Å². The Labute approximate surface area is 102 Å². The third kappa shape index (κ3) is 2.85. The van der Waals surface area contributed by atoms with E-state index in [1.54, 1.807) is 0 Å². The summed E-state index contributed by atoms with van der Waals surface area (Å²) in [5.41, 5.74) is 1.32. The van der Waals surface area contributed by atoms with Crippen molar-refractivity contribution in [2.45, 2.75) is 39.5 Å². The predicted octanol–water partition coefficient (Wildman–Crippen LogP) is 3.43. The molecule has 1 aromatic heterocycles. The molecule has 1 fully saturated rings. The van der Waals surface area contributed by atoms with E-state index in [0.29, 0.717) is 10.7 Å². The van der Waals surface area contributed by atoms with E-state index in [9.17, 15) is 0 Å². The van der Waals surface area contributed by atoms with Crippen molar-refractivity contribution in [2.75, 3.05) is 11.9 Å². The van der Waals surface area contributed by atoms with E-state index >= 15 is 0 Å². The molecule has 1 N–H and O–H groups in total. The van der Waals surface area contributed by atoms with Crippen LogP contribution in [0.2, 0.25) is 5.28 Å². The zero-order valence-corrected chi connectivity index (χ0v) is 10.6. The molecule has 2 rings (SSSR count). The third-order valence-electron chi connectivity index (χ3n) is 3.33. The van der Waals surface area contributed by atoms with Crippen LogP contribution >= 0.6 is 11.6 Å². The van der Waals surface area contributed by atoms with E-state index in [1.807, 2.05) is 13.0 Å². The van der Waals surface area contributed by atoms with Gasteiger partial charge in [0.15, 0.2) is 0 Å². The Bertz CT molecular complexity index is 352. The molecule has 0 bridgehead atoms. The van der Waals surface area contributed by atoms with Crippen LogP contribution in [0.3, 0.4) is 0 Å². The quantitative estimate of drug-likeness (QED) is 0.822. The summed E-state index contributed by atoms with van der Waals surface area (Å²) in [4.78, 5) is 8.21. The van der Waals surface area contributed by atoms with Gasteiger partial charge in [-0.3, -0.25) is 0 Å². The maximum absolute atomic E-state index is 5.82. The number of hydrogen-bond donors (Lipinski definition) is 1. The van der Waals surface area contributed by atoms with E-state index in [1.165, 1.54) is 25.7 Å². The summed E-state index contributed by atoms with van der Waals surface area (Å²) in [6.07, 6.45) is 5.30. The van der Waals surface area contributed by atoms with Crippen LogP contribution in [0.25, 0.3) is 0 Å². The molecule has 0 atom stereocenters. The van der Waals surface area contributed by atoms with Gasteiger partial charge in [0.05, 0.1) is 0 Å². The van der Waals surface area contributed by atoms with Gasteiger partial charge in [-0.2, -0.15) is 0 Å². The van der Waals surface area contributed by atoms with Crippen molar-refractivity contribution in [1.29, 1.82) is 0 Å². The minimum atomic E-state index is 0.319. The molecule has 1 aromatic rings. The highest BCUT2D eigenvalue weighted by atomic mass is 35.5. The lowest BCUT2D eigenvalue weighted by Crippen LogP contribution is -2.23. The van der Waals surface area contributed by atoms with Crippen LogP contribution in [0, 0.1) is 12.3 Å². The standard InChI is InChI=1S/C12H18ClN3/c1-9-7-10(16-11(13)15-9)14-8-12(2)5-3-4-6-12/h7H,3-6,8H2,1-2H3,(H,14,15,16). The minimum Gasteiger partial charge on any atom is -0.369 e. The first-order chi connectivity index (χ1) is 7.57. The van der Waals surface area contributed by atoms with Gasteiger partial charge in [-0.05, 0) is 36.8 Å². The van der Waals surface area contributed by atoms with Gasteiger partial charge >= 0.3 is 0 Å². The van der Waals surface area contributed by atoms with Gasteiger partial charge < -0.3 is 5.32 Å². The van der Waals surface area contributed by atoms with Gasteiger partial charge in [0.2, 0.25) is 5.28 Å². The zero-order valence-electron chi connectivity index (χ0n) is 9.89. The molecular weight excluding hydrogens is 222 g/mol. The fraction of sp³-hybridized carbons (Fsp3) is 0.667. The highest BCUT2D eigenvalue weighted by molar-refractivity contribution is 6.28. The molecule has 0 aliphatic heterocycles. The maximum Gasteiger partial charge on any atom is 0.224 e. The number of nitrogens with zero attached hydrogens (tertiary/aromatic N) is 2. The SMILES string of the molecule is Cc1cc(NCC2(C)CCCC2)nc(Cl)n1. The van der Waals surface area contributed by atoms with Gasteiger partial charge in [0.1, 0.15) is 5.82 Å². The lowest BCUT2D eigenvalue weighted by atomic mass is 9.89. The summed E-state index contributed by atoms with van der Waals surface area (Å²) < 4.78 is 0. The van der Waals surface area contributed by atoms with E-state index in [-0.39, 0.29) is 0 Å². The fourth-order valence-corrected chi connectivity index (χ4v) is 2.56. The third-order valence-corrected chi connectivity index (χ3v) is 3.50. The van der Waals surface area contributed by atoms with Crippen LogP contribution in [0.5, 0.6) is 0 Å². The van der Waals surface area contributed by atoms with Gasteiger partial charge in [-0.25, -0.2) is 9.97 Å². The molecular formula is C12H18ClN3. The molecule has 16 heavy (non-hydrogen) atoms. The molecule has 0 amide bonds. The van der Waals surface area contributed by atoms with E-state index in [0.717, 1.165) is 18.1 Å². The molecule has 3 nitrogen and oxygen atoms in total. The Balaban J connectivity index is 1.98. The number of rotatable bonds is 3. The van der Waals surface area contributed by atoms with Crippen LogP contribution in [0.15, 0.2) is 6.07 Å². The highest BCUT2D eigenvalue weighted by Gasteiger charge is 2.28. The van der Waals surface area contributed by atoms with Crippen LogP contribution in [0.4, 0.5) is 5.82 Å². The van der Waals surface area contributed by atoms with Crippen LogP contribution in [-0.4, -0.2) is 16.5 Å². The second kappa shape index (κ2) is 4.58.